The third kappa shape index (κ3) is 2.91. The molecular weight excluding hydrogens is 320 g/mol. The summed E-state index contributed by atoms with van der Waals surface area (Å²) in [6.07, 6.45) is 5.45. The topological polar surface area (TPSA) is 24.9 Å². The average molecular weight is 337 g/mol. The highest BCUT2D eigenvalue weighted by molar-refractivity contribution is 9.10. The van der Waals surface area contributed by atoms with Crippen LogP contribution in [0, 0.1) is 0 Å². The highest BCUT2D eigenvalue weighted by Crippen LogP contribution is 2.33. The van der Waals surface area contributed by atoms with Crippen LogP contribution >= 0.6 is 27.3 Å². The van der Waals surface area contributed by atoms with E-state index in [2.05, 4.69) is 51.4 Å². The number of aryl methyl sites for hydroxylation is 2. The van der Waals surface area contributed by atoms with Gasteiger partial charge in [0.2, 0.25) is 0 Å². The molecule has 1 heterocycles. The summed E-state index contributed by atoms with van der Waals surface area (Å²) in [5, 5.41) is 4.84. The molecule has 1 atom stereocenters. The predicted molar refractivity (Wildman–Crippen MR) is 83.5 cm³/mol. The second kappa shape index (κ2) is 5.73. The minimum atomic E-state index is 0.483. The standard InChI is InChI=1S/C15H17BrN2S/c1-2-12-8-18-15(19-12)9-17-14-6-3-10-7-11(16)4-5-13(10)14/h4-5,7-8,14,17H,2-3,6,9H2,1H3. The summed E-state index contributed by atoms with van der Waals surface area (Å²) in [6, 6.07) is 7.10. The van der Waals surface area contributed by atoms with Gasteiger partial charge in [0.15, 0.2) is 0 Å². The van der Waals surface area contributed by atoms with Crippen molar-refractivity contribution in [2.24, 2.45) is 0 Å². The first-order valence-corrected chi connectivity index (χ1v) is 8.32. The normalized spacial score (nSPS) is 17.7. The number of rotatable bonds is 4. The van der Waals surface area contributed by atoms with Crippen molar-refractivity contribution in [3.63, 3.8) is 0 Å². The van der Waals surface area contributed by atoms with E-state index in [9.17, 15) is 0 Å². The van der Waals surface area contributed by atoms with Gasteiger partial charge in [-0.05, 0) is 42.5 Å². The van der Waals surface area contributed by atoms with Crippen LogP contribution in [0.25, 0.3) is 0 Å². The van der Waals surface area contributed by atoms with Crippen molar-refractivity contribution in [1.82, 2.24) is 10.3 Å². The third-order valence-electron chi connectivity index (χ3n) is 3.63. The van der Waals surface area contributed by atoms with Gasteiger partial charge in [-0.25, -0.2) is 4.98 Å². The fourth-order valence-electron chi connectivity index (χ4n) is 2.60. The summed E-state index contributed by atoms with van der Waals surface area (Å²) in [5.41, 5.74) is 2.93. The number of hydrogen-bond acceptors (Lipinski definition) is 3. The van der Waals surface area contributed by atoms with Crippen molar-refractivity contribution >= 4 is 27.3 Å². The third-order valence-corrected chi connectivity index (χ3v) is 5.27. The smallest absolute Gasteiger partial charge is 0.107 e. The Morgan fingerprint density at radius 1 is 1.47 bits per heavy atom. The summed E-state index contributed by atoms with van der Waals surface area (Å²) in [7, 11) is 0. The lowest BCUT2D eigenvalue weighted by Crippen LogP contribution is -2.18. The molecule has 1 N–H and O–H groups in total. The first kappa shape index (κ1) is 13.3. The maximum absolute atomic E-state index is 4.47. The molecule has 1 aromatic carbocycles. The van der Waals surface area contributed by atoms with Crippen LogP contribution < -0.4 is 5.32 Å². The number of hydrogen-bond donors (Lipinski definition) is 1. The Bertz CT molecular complexity index is 579. The highest BCUT2D eigenvalue weighted by Gasteiger charge is 2.22. The number of benzene rings is 1. The Labute approximate surface area is 126 Å². The molecule has 2 aromatic rings. The lowest BCUT2D eigenvalue weighted by Gasteiger charge is -2.12. The Morgan fingerprint density at radius 3 is 3.16 bits per heavy atom. The zero-order chi connectivity index (χ0) is 13.2. The largest absolute Gasteiger partial charge is 0.304 e. The number of thiazole rings is 1. The van der Waals surface area contributed by atoms with Crippen LogP contribution in [0.4, 0.5) is 0 Å². The Hall–Kier alpha value is -0.710. The first-order chi connectivity index (χ1) is 9.26. The van der Waals surface area contributed by atoms with Crippen molar-refractivity contribution < 1.29 is 0 Å². The molecule has 100 valence electrons. The second-order valence-electron chi connectivity index (χ2n) is 4.89. The zero-order valence-electron chi connectivity index (χ0n) is 10.9. The Kier molecular flexibility index (Phi) is 4.01. The van der Waals surface area contributed by atoms with Gasteiger partial charge in [0.05, 0.1) is 0 Å². The van der Waals surface area contributed by atoms with E-state index >= 15 is 0 Å². The molecule has 1 aromatic heterocycles. The Balaban J connectivity index is 1.66. The van der Waals surface area contributed by atoms with Crippen LogP contribution in [0.1, 0.15) is 40.4 Å². The lowest BCUT2D eigenvalue weighted by molar-refractivity contribution is 0.529. The predicted octanol–water partition coefficient (Wildman–Crippen LogP) is 4.25. The zero-order valence-corrected chi connectivity index (χ0v) is 13.4. The molecule has 3 rings (SSSR count). The van der Waals surface area contributed by atoms with Crippen molar-refractivity contribution in [1.29, 1.82) is 0 Å². The van der Waals surface area contributed by atoms with Crippen LogP contribution in [0.15, 0.2) is 28.9 Å². The summed E-state index contributed by atoms with van der Waals surface area (Å²) in [4.78, 5) is 5.83. The molecule has 0 saturated carbocycles. The summed E-state index contributed by atoms with van der Waals surface area (Å²) < 4.78 is 1.18. The van der Waals surface area contributed by atoms with E-state index in [0.29, 0.717) is 6.04 Å². The molecule has 0 aliphatic heterocycles. The second-order valence-corrected chi connectivity index (χ2v) is 7.00. The lowest BCUT2D eigenvalue weighted by atomic mass is 10.1. The SMILES string of the molecule is CCc1cnc(CNC2CCc3cc(Br)ccc32)s1. The van der Waals surface area contributed by atoms with E-state index < -0.39 is 0 Å². The number of halogens is 1. The quantitative estimate of drug-likeness (QED) is 0.902. The van der Waals surface area contributed by atoms with E-state index in [0.717, 1.165) is 13.0 Å². The molecule has 0 amide bonds. The van der Waals surface area contributed by atoms with E-state index in [1.54, 1.807) is 0 Å². The van der Waals surface area contributed by atoms with Gasteiger partial charge in [-0.2, -0.15) is 0 Å². The fourth-order valence-corrected chi connectivity index (χ4v) is 3.82. The number of aromatic nitrogens is 1. The highest BCUT2D eigenvalue weighted by atomic mass is 79.9. The summed E-state index contributed by atoms with van der Waals surface area (Å²) >= 11 is 5.36. The maximum atomic E-state index is 4.47. The van der Waals surface area contributed by atoms with Crippen LogP contribution in [0.5, 0.6) is 0 Å². The average Bonchev–Trinajstić information content (AvgIpc) is 3.02. The van der Waals surface area contributed by atoms with Gasteiger partial charge < -0.3 is 5.32 Å². The van der Waals surface area contributed by atoms with Gasteiger partial charge in [0, 0.05) is 28.1 Å². The molecule has 1 aliphatic rings. The van der Waals surface area contributed by atoms with Crippen LogP contribution in [0.3, 0.4) is 0 Å². The monoisotopic (exact) mass is 336 g/mol. The van der Waals surface area contributed by atoms with Crippen molar-refractivity contribution in [2.75, 3.05) is 0 Å². The van der Waals surface area contributed by atoms with Crippen LogP contribution in [0.2, 0.25) is 0 Å². The van der Waals surface area contributed by atoms with Gasteiger partial charge in [0.25, 0.3) is 0 Å². The van der Waals surface area contributed by atoms with Gasteiger partial charge in [0.1, 0.15) is 5.01 Å². The van der Waals surface area contributed by atoms with Crippen molar-refractivity contribution in [3.8, 4) is 0 Å². The molecule has 0 bridgehead atoms. The van der Waals surface area contributed by atoms with Crippen molar-refractivity contribution in [2.45, 2.75) is 38.8 Å². The molecule has 0 saturated heterocycles. The van der Waals surface area contributed by atoms with Gasteiger partial charge in [-0.1, -0.05) is 28.9 Å². The molecule has 0 fully saturated rings. The molecule has 1 unspecified atom stereocenters. The van der Waals surface area contributed by atoms with Gasteiger partial charge >= 0.3 is 0 Å². The maximum Gasteiger partial charge on any atom is 0.107 e. The van der Waals surface area contributed by atoms with Gasteiger partial charge in [-0.15, -0.1) is 11.3 Å². The van der Waals surface area contributed by atoms with Crippen LogP contribution in [-0.4, -0.2) is 4.98 Å². The van der Waals surface area contributed by atoms with E-state index in [4.69, 9.17) is 0 Å². The number of nitrogens with zero attached hydrogens (tertiary/aromatic N) is 1. The minimum absolute atomic E-state index is 0.483. The Morgan fingerprint density at radius 2 is 2.37 bits per heavy atom. The van der Waals surface area contributed by atoms with E-state index in [1.165, 1.54) is 38.3 Å². The van der Waals surface area contributed by atoms with E-state index in [-0.39, 0.29) is 0 Å². The molecule has 19 heavy (non-hydrogen) atoms. The van der Waals surface area contributed by atoms with Gasteiger partial charge in [-0.3, -0.25) is 0 Å². The fraction of sp³-hybridized carbons (Fsp3) is 0.400. The van der Waals surface area contributed by atoms with Crippen LogP contribution in [-0.2, 0) is 19.4 Å². The first-order valence-electron chi connectivity index (χ1n) is 6.71. The number of fused-ring (bicyclic) bond motifs is 1. The summed E-state index contributed by atoms with van der Waals surface area (Å²) in [5.74, 6) is 0. The summed E-state index contributed by atoms with van der Waals surface area (Å²) in [6.45, 7) is 3.06. The molecule has 1 aliphatic carbocycles. The molecular formula is C15H17BrN2S. The molecule has 2 nitrogen and oxygen atoms in total. The van der Waals surface area contributed by atoms with E-state index in [1.807, 2.05) is 17.5 Å². The van der Waals surface area contributed by atoms with Crippen molar-refractivity contribution in [3.05, 3.63) is 49.9 Å². The molecule has 0 radical (unpaired) electrons. The molecule has 4 heteroatoms. The molecule has 0 spiro atoms. The minimum Gasteiger partial charge on any atom is -0.304 e. The number of nitrogens with one attached hydrogen (secondary N) is 1.